The summed E-state index contributed by atoms with van der Waals surface area (Å²) in [5.41, 5.74) is 8.65. The van der Waals surface area contributed by atoms with Crippen LogP contribution in [0.25, 0.3) is 0 Å². The van der Waals surface area contributed by atoms with Crippen molar-refractivity contribution in [2.45, 2.75) is 285 Å². The van der Waals surface area contributed by atoms with E-state index in [2.05, 4.69) is 30.7 Å². The minimum absolute atomic E-state index is 0.0129. The number of methoxy groups -OCH3 is 1. The van der Waals surface area contributed by atoms with Crippen LogP contribution in [-0.4, -0.2) is 187 Å². The predicted molar refractivity (Wildman–Crippen MR) is 342 cm³/mol. The van der Waals surface area contributed by atoms with Gasteiger partial charge in [0.25, 0.3) is 11.8 Å². The molecule has 5 amide bonds. The fourth-order valence-corrected chi connectivity index (χ4v) is 16.4. The molecule has 11 aliphatic rings. The number of urea groups is 1. The molecule has 23 heteroatoms. The number of ketones is 3. The number of primary amides is 1. The molecule has 10 fully saturated rings. The number of carbonyl (C=O) groups excluding carboxylic acids is 8. The fraction of sp³-hybridized carbons (Fsp3) is 0.722. The van der Waals surface area contributed by atoms with Crippen LogP contribution < -0.4 is 16.4 Å². The van der Waals surface area contributed by atoms with Crippen LogP contribution in [0, 0.1) is 23.7 Å². The summed E-state index contributed by atoms with van der Waals surface area (Å²) in [5.74, 6) is -4.00. The lowest BCUT2D eigenvalue weighted by Crippen LogP contribution is -2.61. The summed E-state index contributed by atoms with van der Waals surface area (Å²) in [4.78, 5) is 105. The number of benzene rings is 1. The van der Waals surface area contributed by atoms with Crippen molar-refractivity contribution in [3.05, 3.63) is 71.8 Å². The van der Waals surface area contributed by atoms with Gasteiger partial charge < -0.3 is 68.8 Å². The third-order valence-electron chi connectivity index (χ3n) is 21.7. The van der Waals surface area contributed by atoms with Crippen molar-refractivity contribution in [1.29, 1.82) is 0 Å². The van der Waals surface area contributed by atoms with Gasteiger partial charge in [0.2, 0.25) is 5.91 Å². The molecule has 6 unspecified atom stereocenters. The molecule has 11 heterocycles. The smallest absolute Gasteiger partial charge is 0.312 e. The molecule has 522 valence electrons. The molecule has 21 atom stereocenters. The van der Waals surface area contributed by atoms with Crippen LogP contribution in [0.5, 0.6) is 0 Å². The van der Waals surface area contributed by atoms with Crippen molar-refractivity contribution < 1.29 is 90.8 Å². The number of imide groups is 1. The van der Waals surface area contributed by atoms with Gasteiger partial charge in [0.1, 0.15) is 48.7 Å². The average molecular weight is 1330 g/mol. The molecule has 0 aliphatic carbocycles. The highest BCUT2D eigenvalue weighted by Gasteiger charge is 2.69. The van der Waals surface area contributed by atoms with Crippen molar-refractivity contribution in [3.63, 3.8) is 0 Å². The van der Waals surface area contributed by atoms with Crippen LogP contribution in [0.3, 0.4) is 0 Å². The van der Waals surface area contributed by atoms with Gasteiger partial charge in [0.05, 0.1) is 73.2 Å². The highest BCUT2D eigenvalue weighted by Crippen LogP contribution is 2.55. The molecular formula is C72H100N4O19. The molecule has 0 radical (unpaired) electrons. The Hall–Kier alpha value is -5.60. The van der Waals surface area contributed by atoms with Gasteiger partial charge in [-0.1, -0.05) is 64.6 Å². The largest absolute Gasteiger partial charge is 0.461 e. The SMILES string of the molecule is C=C1CC2CC[C@@]34CC5O[C@H]6[C@@H](O3)[C@H]3OC(CC[C@@H]3O[C@H]6C5O4)CC(=O)C[C@H]3[C@H](C[C@H]4OC(CC[C@@H]1O2)C[C@@H](C)C4=C)OC(C[C@H](O)CCC(=O)OCc1ccc(CC(=O)[C@H](CCCNC(N)=O)NC(=O)[C@@H](CC(=O)CCCCCN2C(=O)C=CC2=O)C(C)C)cc1)[C@@H]3OC. The number of ether oxygens (including phenoxy) is 10. The van der Waals surface area contributed by atoms with Crippen molar-refractivity contribution in [1.82, 2.24) is 15.5 Å². The molecule has 1 aromatic rings. The molecule has 10 saturated heterocycles. The van der Waals surface area contributed by atoms with Gasteiger partial charge in [-0.25, -0.2) is 4.79 Å². The number of aliphatic hydroxyl groups is 1. The maximum absolute atomic E-state index is 14.5. The van der Waals surface area contributed by atoms with Gasteiger partial charge in [-0.15, -0.1) is 0 Å². The fourth-order valence-electron chi connectivity index (χ4n) is 16.4. The molecule has 12 bridgehead atoms. The third kappa shape index (κ3) is 17.3. The Bertz CT molecular complexity index is 2990. The Balaban J connectivity index is 0.674. The van der Waals surface area contributed by atoms with Crippen LogP contribution in [-0.2, 0) is 94.0 Å². The Morgan fingerprint density at radius 3 is 2.22 bits per heavy atom. The van der Waals surface area contributed by atoms with Gasteiger partial charge >= 0.3 is 12.0 Å². The lowest BCUT2D eigenvalue weighted by atomic mass is 9.81. The lowest BCUT2D eigenvalue weighted by molar-refractivity contribution is -0.292. The Morgan fingerprint density at radius 1 is 0.747 bits per heavy atom. The quantitative estimate of drug-likeness (QED) is 0.0322. The van der Waals surface area contributed by atoms with Crippen LogP contribution >= 0.6 is 0 Å². The van der Waals surface area contributed by atoms with E-state index in [1.54, 1.807) is 31.4 Å². The normalized spacial score (nSPS) is 35.2. The molecule has 1 aromatic carbocycles. The molecule has 23 nitrogen and oxygen atoms in total. The zero-order valence-electron chi connectivity index (χ0n) is 55.7. The Morgan fingerprint density at radius 2 is 1.46 bits per heavy atom. The van der Waals surface area contributed by atoms with Crippen LogP contribution in [0.4, 0.5) is 4.79 Å². The number of unbranched alkanes of at least 4 members (excludes halogenated alkanes) is 2. The number of nitrogens with two attached hydrogens (primary N) is 1. The summed E-state index contributed by atoms with van der Waals surface area (Å²) in [6.45, 7) is 15.3. The van der Waals surface area contributed by atoms with Crippen LogP contribution in [0.2, 0.25) is 0 Å². The third-order valence-corrected chi connectivity index (χ3v) is 21.7. The lowest BCUT2D eigenvalue weighted by Gasteiger charge is -2.47. The first-order valence-electron chi connectivity index (χ1n) is 35.1. The first-order chi connectivity index (χ1) is 45.6. The molecule has 11 aliphatic heterocycles. The number of hydrogen-bond donors (Lipinski definition) is 4. The zero-order chi connectivity index (χ0) is 67.2. The number of nitrogens with one attached hydrogen (secondary N) is 2. The second-order valence-corrected chi connectivity index (χ2v) is 28.9. The van der Waals surface area contributed by atoms with Gasteiger partial charge in [0, 0.05) is 108 Å². The molecule has 5 N–H and O–H groups in total. The maximum Gasteiger partial charge on any atom is 0.312 e. The number of esters is 1. The van der Waals surface area contributed by atoms with Gasteiger partial charge in [0.15, 0.2) is 11.6 Å². The van der Waals surface area contributed by atoms with Gasteiger partial charge in [-0.3, -0.25) is 38.5 Å². The summed E-state index contributed by atoms with van der Waals surface area (Å²) < 4.78 is 66.6. The van der Waals surface area contributed by atoms with Crippen molar-refractivity contribution in [2.24, 2.45) is 29.4 Å². The standard InChI is InChI=1S/C72H100N4O19/c1-39(2)51(33-45(77)11-8-7-9-28-76-61(81)22-23-62(76)82)70(84)75-53(12-10-27-74-71(73)85)54(80)31-43-13-15-44(16-14-43)38-87-63(83)24-17-46(78)35-59-64(86-6)52-34-47(79)32-49-19-21-56-65(90-49)69-68-67(92-56)66-60(93-68)37-72(94-66,95-69)26-25-50-30-41(4)55(88-50)20-18-48-29-40(3)42(5)57(89-48)36-58(52)91-59/h13-16,22-23,39-40,46,48-53,55-60,64-69,78H,4-5,7-12,17-21,24-38H2,1-3,6H3,(H,75,84)(H3,73,74,85)/t40-,46-,48?,49?,50?,51+,52+,53+,55+,56+,57-,58+,59?,60?,64-,65+,66?,67+,68-,69+,72+/m1/s1. The predicted octanol–water partition coefficient (Wildman–Crippen LogP) is 6.76. The van der Waals surface area contributed by atoms with E-state index in [1.165, 1.54) is 17.1 Å². The van der Waals surface area contributed by atoms with E-state index in [4.69, 9.17) is 53.1 Å². The van der Waals surface area contributed by atoms with Crippen LogP contribution in [0.1, 0.15) is 173 Å². The number of Topliss-reactive ketones (excluding diaryl/α,β-unsaturated/α-hetero) is 3. The summed E-state index contributed by atoms with van der Waals surface area (Å²) >= 11 is 0. The summed E-state index contributed by atoms with van der Waals surface area (Å²) in [7, 11) is 1.60. The molecular weight excluding hydrogens is 1220 g/mol. The zero-order valence-corrected chi connectivity index (χ0v) is 55.7. The minimum Gasteiger partial charge on any atom is -0.461 e. The number of amides is 5. The first kappa shape index (κ1) is 70.7. The number of fused-ring (bicyclic) bond motifs is 6. The van der Waals surface area contributed by atoms with Crippen molar-refractivity contribution in [2.75, 3.05) is 20.2 Å². The van der Waals surface area contributed by atoms with E-state index >= 15 is 0 Å². The summed E-state index contributed by atoms with van der Waals surface area (Å²) in [6, 6.07) is 5.35. The van der Waals surface area contributed by atoms with E-state index in [0.717, 1.165) is 43.3 Å². The number of carbonyl (C=O) groups is 8. The molecule has 0 saturated carbocycles. The highest BCUT2D eigenvalue weighted by molar-refractivity contribution is 6.12. The van der Waals surface area contributed by atoms with E-state index in [1.807, 2.05) is 13.8 Å². The second-order valence-electron chi connectivity index (χ2n) is 28.9. The monoisotopic (exact) mass is 1320 g/mol. The van der Waals surface area contributed by atoms with E-state index < -0.39 is 78.2 Å². The molecule has 12 rings (SSSR count). The van der Waals surface area contributed by atoms with Crippen molar-refractivity contribution in [3.8, 4) is 0 Å². The van der Waals surface area contributed by atoms with Gasteiger partial charge in [-0.2, -0.15) is 0 Å². The minimum atomic E-state index is -0.979. The first-order valence-corrected chi connectivity index (χ1v) is 35.1. The number of rotatable bonds is 26. The van der Waals surface area contributed by atoms with Crippen molar-refractivity contribution >= 4 is 47.1 Å². The average Bonchev–Trinajstić information content (AvgIpc) is 1.55. The summed E-state index contributed by atoms with van der Waals surface area (Å²) in [5, 5.41) is 17.0. The van der Waals surface area contributed by atoms with Crippen LogP contribution in [0.15, 0.2) is 60.7 Å². The second kappa shape index (κ2) is 31.5. The van der Waals surface area contributed by atoms with E-state index in [9.17, 15) is 43.5 Å². The van der Waals surface area contributed by atoms with E-state index in [-0.39, 0.29) is 180 Å². The Kier molecular flexibility index (Phi) is 23.4. The van der Waals surface area contributed by atoms with E-state index in [0.29, 0.717) is 68.9 Å². The Labute approximate surface area is 557 Å². The topological polar surface area (TPSA) is 302 Å². The number of aliphatic hydroxyl groups excluding tert-OH is 1. The van der Waals surface area contributed by atoms with Gasteiger partial charge in [-0.05, 0) is 111 Å². The number of nitrogens with zero attached hydrogens (tertiary/aromatic N) is 1. The summed E-state index contributed by atoms with van der Waals surface area (Å²) in [6.07, 6.45) is 6.74. The molecule has 1 spiro atoms. The molecule has 95 heavy (non-hydrogen) atoms. The highest BCUT2D eigenvalue weighted by atomic mass is 16.8. The maximum atomic E-state index is 14.5. The molecule has 0 aromatic heterocycles. The number of hydrogen-bond acceptors (Lipinski definition) is 19.